The van der Waals surface area contributed by atoms with Gasteiger partial charge in [-0.05, 0) is 43.0 Å². The molecule has 0 saturated heterocycles. The van der Waals surface area contributed by atoms with E-state index in [1.165, 1.54) is 12.1 Å². The Morgan fingerprint density at radius 1 is 1.05 bits per heavy atom. The molecule has 1 aromatic heterocycles. The van der Waals surface area contributed by atoms with Gasteiger partial charge in [-0.1, -0.05) is 12.1 Å². The Hall–Kier alpha value is -2.11. The summed E-state index contributed by atoms with van der Waals surface area (Å²) >= 11 is 0. The van der Waals surface area contributed by atoms with Crippen LogP contribution in [0.5, 0.6) is 0 Å². The highest BCUT2D eigenvalue weighted by Gasteiger charge is 2.41. The molecule has 1 aliphatic rings. The van der Waals surface area contributed by atoms with Gasteiger partial charge in [-0.25, -0.2) is 9.97 Å². The van der Waals surface area contributed by atoms with Gasteiger partial charge in [0.2, 0.25) is 5.95 Å². The maximum absolute atomic E-state index is 12.9. The zero-order valence-electron chi connectivity index (χ0n) is 11.2. The summed E-state index contributed by atoms with van der Waals surface area (Å²) in [5.41, 5.74) is -0.485. The molecule has 0 spiro atoms. The molecule has 0 unspecified atom stereocenters. The number of hydrogen-bond acceptors (Lipinski definition) is 3. The number of aromatic nitrogens is 2. The molecule has 1 fully saturated rings. The standard InChI is InChI=1S/C15H14F3N3/c16-15(17,18)12-5-1-4-11(10-12)14(6-2-7-14)21-13-19-8-3-9-20-13/h1,3-5,8-10H,2,6-7H2,(H,19,20,21). The van der Waals surface area contributed by atoms with Gasteiger partial charge in [-0.2, -0.15) is 13.2 Å². The summed E-state index contributed by atoms with van der Waals surface area (Å²) in [7, 11) is 0. The molecule has 2 aromatic rings. The molecule has 1 N–H and O–H groups in total. The molecule has 1 aliphatic carbocycles. The molecule has 0 amide bonds. The van der Waals surface area contributed by atoms with Crippen LogP contribution in [0.1, 0.15) is 30.4 Å². The van der Waals surface area contributed by atoms with E-state index in [4.69, 9.17) is 0 Å². The van der Waals surface area contributed by atoms with E-state index in [-0.39, 0.29) is 0 Å². The van der Waals surface area contributed by atoms with E-state index >= 15 is 0 Å². The van der Waals surface area contributed by atoms with Gasteiger partial charge in [0.05, 0.1) is 11.1 Å². The van der Waals surface area contributed by atoms with Crippen LogP contribution in [0.2, 0.25) is 0 Å². The van der Waals surface area contributed by atoms with Crippen LogP contribution in [-0.2, 0) is 11.7 Å². The lowest BCUT2D eigenvalue weighted by Gasteiger charge is -2.43. The molecular formula is C15H14F3N3. The highest BCUT2D eigenvalue weighted by atomic mass is 19.4. The molecule has 3 rings (SSSR count). The van der Waals surface area contributed by atoms with Crippen molar-refractivity contribution in [1.82, 2.24) is 9.97 Å². The van der Waals surface area contributed by atoms with Gasteiger partial charge in [0, 0.05) is 12.4 Å². The van der Waals surface area contributed by atoms with Crippen LogP contribution >= 0.6 is 0 Å². The fraction of sp³-hybridized carbons (Fsp3) is 0.333. The second-order valence-electron chi connectivity index (χ2n) is 5.21. The largest absolute Gasteiger partial charge is 0.416 e. The van der Waals surface area contributed by atoms with Crippen molar-refractivity contribution in [2.75, 3.05) is 5.32 Å². The summed E-state index contributed by atoms with van der Waals surface area (Å²) in [6.45, 7) is 0. The summed E-state index contributed by atoms with van der Waals surface area (Å²) < 4.78 is 38.6. The van der Waals surface area contributed by atoms with E-state index in [0.717, 1.165) is 25.3 Å². The number of nitrogens with zero attached hydrogens (tertiary/aromatic N) is 2. The van der Waals surface area contributed by atoms with Gasteiger partial charge in [0.25, 0.3) is 0 Å². The van der Waals surface area contributed by atoms with Crippen LogP contribution in [-0.4, -0.2) is 9.97 Å². The van der Waals surface area contributed by atoms with Crippen molar-refractivity contribution in [3.05, 3.63) is 53.9 Å². The zero-order valence-corrected chi connectivity index (χ0v) is 11.2. The van der Waals surface area contributed by atoms with Gasteiger partial charge >= 0.3 is 6.18 Å². The third-order valence-corrected chi connectivity index (χ3v) is 3.87. The molecule has 110 valence electrons. The van der Waals surface area contributed by atoms with Gasteiger partial charge in [-0.3, -0.25) is 0 Å². The molecular weight excluding hydrogens is 279 g/mol. The summed E-state index contributed by atoms with van der Waals surface area (Å²) in [6, 6.07) is 7.18. The monoisotopic (exact) mass is 293 g/mol. The number of rotatable bonds is 3. The highest BCUT2D eigenvalue weighted by molar-refractivity contribution is 5.41. The minimum atomic E-state index is -4.33. The first-order chi connectivity index (χ1) is 10.00. The molecule has 0 aliphatic heterocycles. The lowest BCUT2D eigenvalue weighted by molar-refractivity contribution is -0.137. The molecule has 1 heterocycles. The SMILES string of the molecule is FC(F)(F)c1cccc(C2(Nc3ncccn3)CCC2)c1. The lowest BCUT2D eigenvalue weighted by Crippen LogP contribution is -2.42. The molecule has 1 saturated carbocycles. The minimum Gasteiger partial charge on any atom is -0.345 e. The average molecular weight is 293 g/mol. The van der Waals surface area contributed by atoms with Gasteiger partial charge in [-0.15, -0.1) is 0 Å². The van der Waals surface area contributed by atoms with Crippen LogP contribution < -0.4 is 5.32 Å². The molecule has 3 nitrogen and oxygen atoms in total. The molecule has 6 heteroatoms. The van der Waals surface area contributed by atoms with Crippen LogP contribution in [0.15, 0.2) is 42.7 Å². The van der Waals surface area contributed by atoms with Gasteiger partial charge < -0.3 is 5.32 Å². The predicted molar refractivity (Wildman–Crippen MR) is 72.6 cm³/mol. The predicted octanol–water partition coefficient (Wildman–Crippen LogP) is 3.99. The third-order valence-electron chi connectivity index (χ3n) is 3.87. The third kappa shape index (κ3) is 2.70. The van der Waals surface area contributed by atoms with Crippen molar-refractivity contribution in [2.24, 2.45) is 0 Å². The average Bonchev–Trinajstić information content (AvgIpc) is 2.43. The van der Waals surface area contributed by atoms with E-state index in [2.05, 4.69) is 15.3 Å². The van der Waals surface area contributed by atoms with Gasteiger partial charge in [0.1, 0.15) is 0 Å². The van der Waals surface area contributed by atoms with E-state index in [1.807, 2.05) is 0 Å². The number of nitrogens with one attached hydrogen (secondary N) is 1. The van der Waals surface area contributed by atoms with Crippen LogP contribution in [0, 0.1) is 0 Å². The molecule has 0 atom stereocenters. The Morgan fingerprint density at radius 2 is 1.76 bits per heavy atom. The molecule has 0 radical (unpaired) electrons. The van der Waals surface area contributed by atoms with Crippen molar-refractivity contribution < 1.29 is 13.2 Å². The van der Waals surface area contributed by atoms with Crippen LogP contribution in [0.25, 0.3) is 0 Å². The Labute approximate surface area is 120 Å². The Morgan fingerprint density at radius 3 is 2.33 bits per heavy atom. The first kappa shape index (κ1) is 13.9. The number of hydrogen-bond donors (Lipinski definition) is 1. The van der Waals surface area contributed by atoms with Crippen molar-refractivity contribution in [3.63, 3.8) is 0 Å². The first-order valence-electron chi connectivity index (χ1n) is 6.73. The lowest BCUT2D eigenvalue weighted by atomic mass is 9.71. The fourth-order valence-corrected chi connectivity index (χ4v) is 2.59. The smallest absolute Gasteiger partial charge is 0.345 e. The zero-order chi connectivity index (χ0) is 14.9. The summed E-state index contributed by atoms with van der Waals surface area (Å²) in [5, 5.41) is 3.20. The van der Waals surface area contributed by atoms with Crippen molar-refractivity contribution in [1.29, 1.82) is 0 Å². The first-order valence-corrected chi connectivity index (χ1v) is 6.73. The normalized spacial score (nSPS) is 17.1. The summed E-state index contributed by atoms with van der Waals surface area (Å²) in [4.78, 5) is 8.20. The molecule has 0 bridgehead atoms. The Bertz CT molecular complexity index is 622. The fourth-order valence-electron chi connectivity index (χ4n) is 2.59. The Balaban J connectivity index is 1.93. The summed E-state index contributed by atoms with van der Waals surface area (Å²) in [6.07, 6.45) is 1.39. The van der Waals surface area contributed by atoms with Crippen molar-refractivity contribution >= 4 is 5.95 Å². The van der Waals surface area contributed by atoms with Crippen molar-refractivity contribution in [2.45, 2.75) is 31.0 Å². The number of benzene rings is 1. The molecule has 1 aromatic carbocycles. The number of halogens is 3. The van der Waals surface area contributed by atoms with Crippen LogP contribution in [0.3, 0.4) is 0 Å². The molecule has 21 heavy (non-hydrogen) atoms. The second-order valence-corrected chi connectivity index (χ2v) is 5.21. The maximum Gasteiger partial charge on any atom is 0.416 e. The number of anilines is 1. The van der Waals surface area contributed by atoms with Crippen LogP contribution in [0.4, 0.5) is 19.1 Å². The van der Waals surface area contributed by atoms with E-state index in [0.29, 0.717) is 11.5 Å². The summed E-state index contributed by atoms with van der Waals surface area (Å²) in [5.74, 6) is 0.439. The topological polar surface area (TPSA) is 37.8 Å². The van der Waals surface area contributed by atoms with E-state index in [1.54, 1.807) is 24.5 Å². The highest BCUT2D eigenvalue weighted by Crippen LogP contribution is 2.44. The maximum atomic E-state index is 12.9. The number of alkyl halides is 3. The second kappa shape index (κ2) is 5.02. The Kier molecular flexibility index (Phi) is 3.31. The van der Waals surface area contributed by atoms with E-state index in [9.17, 15) is 13.2 Å². The van der Waals surface area contributed by atoms with E-state index < -0.39 is 17.3 Å². The quantitative estimate of drug-likeness (QED) is 0.930. The van der Waals surface area contributed by atoms with Gasteiger partial charge in [0.15, 0.2) is 0 Å². The minimum absolute atomic E-state index is 0.439. The van der Waals surface area contributed by atoms with Crippen molar-refractivity contribution in [3.8, 4) is 0 Å².